The third-order valence-electron chi connectivity index (χ3n) is 9.22. The van der Waals surface area contributed by atoms with Crippen LogP contribution in [0.15, 0.2) is 36.8 Å². The van der Waals surface area contributed by atoms with Crippen molar-refractivity contribution in [1.29, 1.82) is 0 Å². The number of hydrogen-bond acceptors (Lipinski definition) is 7. The Hall–Kier alpha value is -2.68. The molecule has 3 aromatic rings. The van der Waals surface area contributed by atoms with Gasteiger partial charge in [0.2, 0.25) is 0 Å². The molecule has 0 spiro atoms. The molecule has 0 atom stereocenters. The Bertz CT molecular complexity index is 1270. The molecule has 37 heavy (non-hydrogen) atoms. The van der Waals surface area contributed by atoms with Crippen molar-refractivity contribution in [2.45, 2.75) is 75.2 Å². The van der Waals surface area contributed by atoms with E-state index in [2.05, 4.69) is 37.8 Å². The number of piperidine rings is 1. The van der Waals surface area contributed by atoms with Gasteiger partial charge >= 0.3 is 0 Å². The zero-order valence-electron chi connectivity index (χ0n) is 21.4. The molecule has 0 amide bonds. The first-order valence-electron chi connectivity index (χ1n) is 14.0. The van der Waals surface area contributed by atoms with Crippen LogP contribution in [0.3, 0.4) is 0 Å². The number of likely N-dealkylation sites (tertiary alicyclic amines) is 1. The van der Waals surface area contributed by atoms with Crippen LogP contribution in [0, 0.1) is 5.92 Å². The molecule has 1 aromatic carbocycles. The summed E-state index contributed by atoms with van der Waals surface area (Å²) in [7, 11) is 0. The van der Waals surface area contributed by atoms with Gasteiger partial charge in [-0.05, 0) is 75.0 Å². The molecule has 7 rings (SSSR count). The summed E-state index contributed by atoms with van der Waals surface area (Å²) in [6.07, 6.45) is 12.7. The van der Waals surface area contributed by atoms with Crippen LogP contribution < -0.4 is 10.5 Å². The average molecular weight is 504 g/mol. The highest BCUT2D eigenvalue weighted by Gasteiger charge is 2.46. The van der Waals surface area contributed by atoms with Crippen LogP contribution in [0.2, 0.25) is 0 Å². The molecule has 3 aliphatic heterocycles. The van der Waals surface area contributed by atoms with E-state index in [4.69, 9.17) is 15.2 Å². The summed E-state index contributed by atoms with van der Waals surface area (Å²) in [4.78, 5) is 11.5. The number of anilines is 1. The molecule has 8 nitrogen and oxygen atoms in total. The molecule has 8 heteroatoms. The highest BCUT2D eigenvalue weighted by Crippen LogP contribution is 2.45. The number of rotatable bonds is 7. The smallest absolute Gasteiger partial charge is 0.146 e. The van der Waals surface area contributed by atoms with Gasteiger partial charge in [0, 0.05) is 37.4 Å². The third kappa shape index (κ3) is 4.39. The summed E-state index contributed by atoms with van der Waals surface area (Å²) < 4.78 is 14.8. The Kier molecular flexibility index (Phi) is 5.86. The van der Waals surface area contributed by atoms with Gasteiger partial charge in [0.05, 0.1) is 17.6 Å². The summed E-state index contributed by atoms with van der Waals surface area (Å²) in [5, 5.41) is 10.7. The maximum absolute atomic E-state index is 9.80. The van der Waals surface area contributed by atoms with Crippen LogP contribution in [0.4, 0.5) is 5.82 Å². The van der Waals surface area contributed by atoms with Crippen LogP contribution in [0.5, 0.6) is 5.75 Å². The minimum Gasteiger partial charge on any atom is -0.491 e. The van der Waals surface area contributed by atoms with Gasteiger partial charge < -0.3 is 29.8 Å². The fraction of sp³-hybridized carbons (Fsp3) is 0.586. The van der Waals surface area contributed by atoms with Crippen molar-refractivity contribution in [3.05, 3.63) is 36.8 Å². The normalized spacial score (nSPS) is 30.1. The van der Waals surface area contributed by atoms with E-state index in [9.17, 15) is 5.11 Å². The van der Waals surface area contributed by atoms with Gasteiger partial charge in [0.15, 0.2) is 0 Å². The predicted molar refractivity (Wildman–Crippen MR) is 142 cm³/mol. The molecule has 5 heterocycles. The molecule has 1 aliphatic carbocycles. The highest BCUT2D eigenvalue weighted by molar-refractivity contribution is 6.00. The molecule has 196 valence electrons. The second-order valence-electron chi connectivity index (χ2n) is 11.7. The molecular weight excluding hydrogens is 466 g/mol. The molecule has 3 saturated heterocycles. The first-order valence-corrected chi connectivity index (χ1v) is 14.0. The van der Waals surface area contributed by atoms with Crippen molar-refractivity contribution in [3.63, 3.8) is 0 Å². The second kappa shape index (κ2) is 9.26. The number of aliphatic hydroxyl groups is 1. The zero-order valence-corrected chi connectivity index (χ0v) is 21.4. The maximum Gasteiger partial charge on any atom is 0.146 e. The summed E-state index contributed by atoms with van der Waals surface area (Å²) in [5.74, 6) is 2.06. The third-order valence-corrected chi connectivity index (χ3v) is 9.22. The summed E-state index contributed by atoms with van der Waals surface area (Å²) >= 11 is 0. The molecular formula is C29H37N5O3. The van der Waals surface area contributed by atoms with Crippen molar-refractivity contribution in [2.24, 2.45) is 5.92 Å². The Balaban J connectivity index is 1.10. The Labute approximate surface area is 217 Å². The number of hydrogen-bond donors (Lipinski definition) is 2. The maximum atomic E-state index is 9.80. The van der Waals surface area contributed by atoms with Gasteiger partial charge in [-0.2, -0.15) is 0 Å². The fourth-order valence-electron chi connectivity index (χ4n) is 7.00. The second-order valence-corrected chi connectivity index (χ2v) is 11.7. The van der Waals surface area contributed by atoms with Crippen LogP contribution >= 0.6 is 0 Å². The lowest BCUT2D eigenvalue weighted by molar-refractivity contribution is -0.0198. The van der Waals surface area contributed by atoms with Crippen molar-refractivity contribution in [1.82, 2.24) is 19.4 Å². The predicted octanol–water partition coefficient (Wildman–Crippen LogP) is 4.18. The first kappa shape index (κ1) is 23.4. The zero-order chi connectivity index (χ0) is 25.0. The van der Waals surface area contributed by atoms with Gasteiger partial charge in [0.25, 0.3) is 0 Å². The van der Waals surface area contributed by atoms with Gasteiger partial charge in [-0.15, -0.1) is 0 Å². The van der Waals surface area contributed by atoms with Crippen LogP contribution in [-0.2, 0) is 4.74 Å². The Morgan fingerprint density at radius 2 is 1.92 bits per heavy atom. The number of benzene rings is 1. The first-order chi connectivity index (χ1) is 18.1. The minimum atomic E-state index is -0.116. The Morgan fingerprint density at radius 1 is 1.11 bits per heavy atom. The SMILES string of the molecule is Nc1ncnc2c1c(-c1cccc(OCC34CCC(CC3)O4)c1)cn2C1CC(CN2CCC(O)CC2)C1. The monoisotopic (exact) mass is 503 g/mol. The van der Waals surface area contributed by atoms with E-state index in [1.54, 1.807) is 6.33 Å². The van der Waals surface area contributed by atoms with Crippen molar-refractivity contribution in [3.8, 4) is 16.9 Å². The molecule has 2 aromatic heterocycles. The van der Waals surface area contributed by atoms with E-state index in [0.717, 1.165) is 98.9 Å². The van der Waals surface area contributed by atoms with E-state index in [1.807, 2.05) is 12.1 Å². The molecule has 0 unspecified atom stereocenters. The topological polar surface area (TPSA) is 98.7 Å². The van der Waals surface area contributed by atoms with Gasteiger partial charge in [-0.1, -0.05) is 12.1 Å². The summed E-state index contributed by atoms with van der Waals surface area (Å²) in [6, 6.07) is 8.71. The van der Waals surface area contributed by atoms with Crippen molar-refractivity contribution >= 4 is 16.9 Å². The van der Waals surface area contributed by atoms with Gasteiger partial charge in [-0.3, -0.25) is 0 Å². The molecule has 4 fully saturated rings. The van der Waals surface area contributed by atoms with Gasteiger partial charge in [0.1, 0.15) is 35.7 Å². The number of nitrogens with zero attached hydrogens (tertiary/aromatic N) is 4. The van der Waals surface area contributed by atoms with E-state index in [-0.39, 0.29) is 11.7 Å². The standard InChI is InChI=1S/C29H37N5O3/c30-27-26-25(20-2-1-3-24(14-20)36-17-29-8-4-23(37-29)5-9-29)16-34(28(26)32-18-31-27)21-12-19(13-21)15-33-10-6-22(35)7-11-33/h1-3,14,16,18-19,21-23,35H,4-13,15,17H2,(H2,30,31,32). The molecule has 4 aliphatic rings. The number of fused-ring (bicyclic) bond motifs is 3. The lowest BCUT2D eigenvalue weighted by Gasteiger charge is -2.41. The summed E-state index contributed by atoms with van der Waals surface area (Å²) in [5.41, 5.74) is 9.35. The number of aliphatic hydroxyl groups excluding tert-OH is 1. The number of ether oxygens (including phenoxy) is 2. The molecule has 0 radical (unpaired) electrons. The number of aromatic nitrogens is 3. The number of nitrogens with two attached hydrogens (primary N) is 1. The molecule has 3 N–H and O–H groups in total. The van der Waals surface area contributed by atoms with E-state index in [0.29, 0.717) is 30.5 Å². The molecule has 2 bridgehead atoms. The van der Waals surface area contributed by atoms with E-state index < -0.39 is 0 Å². The average Bonchev–Trinajstić information content (AvgIpc) is 3.60. The lowest BCUT2D eigenvalue weighted by atomic mass is 9.79. The quantitative estimate of drug-likeness (QED) is 0.499. The van der Waals surface area contributed by atoms with E-state index >= 15 is 0 Å². The summed E-state index contributed by atoms with van der Waals surface area (Å²) in [6.45, 7) is 3.75. The lowest BCUT2D eigenvalue weighted by Crippen LogP contribution is -2.42. The van der Waals surface area contributed by atoms with E-state index in [1.165, 1.54) is 0 Å². The van der Waals surface area contributed by atoms with Gasteiger partial charge in [-0.25, -0.2) is 9.97 Å². The Morgan fingerprint density at radius 3 is 2.68 bits per heavy atom. The van der Waals surface area contributed by atoms with Crippen LogP contribution in [0.1, 0.15) is 57.4 Å². The van der Waals surface area contributed by atoms with Crippen LogP contribution in [0.25, 0.3) is 22.2 Å². The highest BCUT2D eigenvalue weighted by atomic mass is 16.6. The molecule has 1 saturated carbocycles. The minimum absolute atomic E-state index is 0.0935. The van der Waals surface area contributed by atoms with Crippen LogP contribution in [-0.4, -0.2) is 68.6 Å². The fourth-order valence-corrected chi connectivity index (χ4v) is 7.00. The largest absolute Gasteiger partial charge is 0.491 e. The van der Waals surface area contributed by atoms with Crippen molar-refractivity contribution in [2.75, 3.05) is 32.0 Å². The van der Waals surface area contributed by atoms with Crippen molar-refractivity contribution < 1.29 is 14.6 Å². The number of nitrogen functional groups attached to an aromatic ring is 1.